The Kier molecular flexibility index (Phi) is 11.5. The molecule has 0 saturated heterocycles. The first kappa shape index (κ1) is 33.3. The van der Waals surface area contributed by atoms with Crippen LogP contribution >= 0.6 is 0 Å². The normalized spacial score (nSPS) is 19.7. The highest BCUT2D eigenvalue weighted by Gasteiger charge is 2.31. The number of amides is 3. The number of hydrogen-bond acceptors (Lipinski definition) is 6. The monoisotopic (exact) mass is 628 g/mol. The van der Waals surface area contributed by atoms with Gasteiger partial charge < -0.3 is 30.1 Å². The van der Waals surface area contributed by atoms with Gasteiger partial charge in [-0.25, -0.2) is 4.79 Å². The molecule has 3 aromatic rings. The summed E-state index contributed by atoms with van der Waals surface area (Å²) >= 11 is 0. The molecule has 9 nitrogen and oxygen atoms in total. The molecule has 46 heavy (non-hydrogen) atoms. The predicted molar refractivity (Wildman–Crippen MR) is 180 cm³/mol. The molecule has 3 N–H and O–H groups in total. The van der Waals surface area contributed by atoms with E-state index in [0.29, 0.717) is 36.6 Å². The zero-order valence-corrected chi connectivity index (χ0v) is 27.3. The van der Waals surface area contributed by atoms with Gasteiger partial charge in [-0.3, -0.25) is 9.69 Å². The lowest BCUT2D eigenvalue weighted by Gasteiger charge is -2.34. The number of urea groups is 1. The van der Waals surface area contributed by atoms with Gasteiger partial charge in [-0.1, -0.05) is 56.5 Å². The van der Waals surface area contributed by atoms with E-state index in [1.807, 2.05) is 67.6 Å². The van der Waals surface area contributed by atoms with E-state index in [4.69, 9.17) is 9.47 Å². The van der Waals surface area contributed by atoms with Crippen molar-refractivity contribution in [2.24, 2.45) is 5.92 Å². The van der Waals surface area contributed by atoms with Crippen LogP contribution in [0.15, 0.2) is 72.8 Å². The Labute approximate surface area is 272 Å². The van der Waals surface area contributed by atoms with E-state index >= 15 is 0 Å². The molecule has 2 aliphatic rings. The molecule has 1 heterocycles. The first-order valence-electron chi connectivity index (χ1n) is 16.5. The summed E-state index contributed by atoms with van der Waals surface area (Å²) in [5.41, 5.74) is 2.48. The average Bonchev–Trinajstić information content (AvgIpc) is 3.09. The fourth-order valence-corrected chi connectivity index (χ4v) is 6.30. The molecule has 3 atom stereocenters. The number of ether oxygens (including phenoxy) is 2. The van der Waals surface area contributed by atoms with E-state index in [1.54, 1.807) is 4.90 Å². The minimum absolute atomic E-state index is 0.00734. The molecule has 0 spiro atoms. The summed E-state index contributed by atoms with van der Waals surface area (Å²) in [4.78, 5) is 30.3. The van der Waals surface area contributed by atoms with Gasteiger partial charge in [0.15, 0.2) is 0 Å². The molecule has 0 radical (unpaired) electrons. The number of carbonyl (C=O) groups excluding carboxylic acids is 2. The molecule has 3 amide bonds. The van der Waals surface area contributed by atoms with Crippen molar-refractivity contribution in [3.8, 4) is 17.2 Å². The number of carbonyl (C=O) groups is 2. The number of hydrogen-bond donors (Lipinski definition) is 3. The summed E-state index contributed by atoms with van der Waals surface area (Å²) in [6.45, 7) is 5.64. The number of rotatable bonds is 10. The second-order valence-corrected chi connectivity index (χ2v) is 12.9. The highest BCUT2D eigenvalue weighted by Crippen LogP contribution is 2.30. The van der Waals surface area contributed by atoms with Gasteiger partial charge in [0.2, 0.25) is 5.91 Å². The molecule has 246 valence electrons. The highest BCUT2D eigenvalue weighted by molar-refractivity contribution is 5.90. The molecule has 1 saturated carbocycles. The molecule has 1 fully saturated rings. The molecule has 0 bridgehead atoms. The third-order valence-electron chi connectivity index (χ3n) is 8.96. The van der Waals surface area contributed by atoms with Crippen molar-refractivity contribution in [1.82, 2.24) is 15.1 Å². The zero-order chi connectivity index (χ0) is 32.5. The fourth-order valence-electron chi connectivity index (χ4n) is 6.30. The van der Waals surface area contributed by atoms with Gasteiger partial charge in [0.25, 0.3) is 0 Å². The van der Waals surface area contributed by atoms with Crippen LogP contribution in [0.25, 0.3) is 0 Å². The quantitative estimate of drug-likeness (QED) is 0.247. The number of aliphatic hydroxyl groups is 1. The van der Waals surface area contributed by atoms with Crippen LogP contribution in [0.2, 0.25) is 0 Å². The molecule has 0 aromatic heterocycles. The topological polar surface area (TPSA) is 103 Å². The van der Waals surface area contributed by atoms with Gasteiger partial charge >= 0.3 is 6.03 Å². The van der Waals surface area contributed by atoms with Crippen molar-refractivity contribution in [2.45, 2.75) is 77.1 Å². The predicted octanol–water partition coefficient (Wildman–Crippen LogP) is 6.21. The number of para-hydroxylation sites is 1. The summed E-state index contributed by atoms with van der Waals surface area (Å²) < 4.78 is 12.6. The number of fused-ring (bicyclic) bond motifs is 1. The first-order chi connectivity index (χ1) is 22.3. The summed E-state index contributed by atoms with van der Waals surface area (Å²) in [5.74, 6) is 2.14. The van der Waals surface area contributed by atoms with Crippen molar-refractivity contribution >= 4 is 17.6 Å². The van der Waals surface area contributed by atoms with Crippen LogP contribution in [0.3, 0.4) is 0 Å². The van der Waals surface area contributed by atoms with Crippen LogP contribution in [-0.4, -0.2) is 71.8 Å². The van der Waals surface area contributed by atoms with Crippen molar-refractivity contribution in [1.29, 1.82) is 0 Å². The van der Waals surface area contributed by atoms with Crippen molar-refractivity contribution in [2.75, 3.05) is 32.1 Å². The summed E-state index contributed by atoms with van der Waals surface area (Å²) in [6, 6.07) is 23.0. The second kappa shape index (κ2) is 16.0. The second-order valence-electron chi connectivity index (χ2n) is 12.9. The van der Waals surface area contributed by atoms with Crippen molar-refractivity contribution < 1.29 is 24.2 Å². The third kappa shape index (κ3) is 9.23. The number of nitrogens with zero attached hydrogens (tertiary/aromatic N) is 2. The Hall–Kier alpha value is -4.08. The lowest BCUT2D eigenvalue weighted by atomic mass is 9.96. The maximum absolute atomic E-state index is 13.6. The van der Waals surface area contributed by atoms with E-state index in [-0.39, 0.29) is 49.1 Å². The maximum atomic E-state index is 13.6. The highest BCUT2D eigenvalue weighted by atomic mass is 16.5. The lowest BCUT2D eigenvalue weighted by Crippen LogP contribution is -2.47. The van der Waals surface area contributed by atoms with E-state index in [2.05, 4.69) is 41.6 Å². The van der Waals surface area contributed by atoms with E-state index < -0.39 is 0 Å². The van der Waals surface area contributed by atoms with Crippen LogP contribution in [0.4, 0.5) is 10.5 Å². The molecule has 5 rings (SSSR count). The fraction of sp³-hybridized carbons (Fsp3) is 0.459. The zero-order valence-electron chi connectivity index (χ0n) is 27.3. The van der Waals surface area contributed by atoms with Crippen LogP contribution < -0.4 is 20.1 Å². The first-order valence-corrected chi connectivity index (χ1v) is 16.5. The van der Waals surface area contributed by atoms with Gasteiger partial charge in [-0.15, -0.1) is 0 Å². The standard InChI is InChI=1S/C37H48N4O5/c1-26-22-41(27(2)25-42)36(43)21-29-20-31(39-37(44)38-30-10-6-4-7-11-30)16-19-34(29)46-35(26)24-40(3)23-28-14-17-33(18-15-28)45-32-12-8-5-9-13-32/h5,8-9,12-20,26-27,30,35,42H,4,6-7,10-11,21-25H2,1-3H3,(H2,38,39,44)/t26-,27+,35-/m0/s1. The number of likely N-dealkylation sites (N-methyl/N-ethyl adjacent to an activating group) is 1. The molecule has 1 aliphatic heterocycles. The van der Waals surface area contributed by atoms with Gasteiger partial charge in [-0.05, 0) is 74.8 Å². The average molecular weight is 629 g/mol. The Balaban J connectivity index is 1.28. The van der Waals surface area contributed by atoms with Crippen molar-refractivity contribution in [3.05, 3.63) is 83.9 Å². The summed E-state index contributed by atoms with van der Waals surface area (Å²) in [7, 11) is 2.06. The Morgan fingerprint density at radius 2 is 1.76 bits per heavy atom. The molecular formula is C37H48N4O5. The SMILES string of the molecule is C[C@H](CO)N1C[C@H](C)[C@H](CN(C)Cc2ccc(Oc3ccccc3)cc2)Oc2ccc(NC(=O)NC3CCCCC3)cc2CC1=O. The van der Waals surface area contributed by atoms with Gasteiger partial charge in [0, 0.05) is 42.8 Å². The largest absolute Gasteiger partial charge is 0.488 e. The molecule has 1 aliphatic carbocycles. The summed E-state index contributed by atoms with van der Waals surface area (Å²) in [5, 5.41) is 16.0. The number of anilines is 1. The molecule has 0 unspecified atom stereocenters. The number of benzene rings is 3. The molecule has 9 heteroatoms. The van der Waals surface area contributed by atoms with E-state index in [0.717, 1.165) is 42.7 Å². The van der Waals surface area contributed by atoms with E-state index in [1.165, 1.54) is 6.42 Å². The lowest BCUT2D eigenvalue weighted by molar-refractivity contribution is -0.134. The Bertz CT molecular complexity index is 1430. The van der Waals surface area contributed by atoms with Crippen LogP contribution in [0.5, 0.6) is 17.2 Å². The Morgan fingerprint density at radius 3 is 2.48 bits per heavy atom. The van der Waals surface area contributed by atoms with Gasteiger partial charge in [0.1, 0.15) is 23.4 Å². The minimum Gasteiger partial charge on any atom is -0.488 e. The number of nitrogens with one attached hydrogen (secondary N) is 2. The minimum atomic E-state index is -0.325. The van der Waals surface area contributed by atoms with Crippen LogP contribution in [0, 0.1) is 5.92 Å². The number of aliphatic hydroxyl groups excluding tert-OH is 1. The van der Waals surface area contributed by atoms with Crippen LogP contribution in [0.1, 0.15) is 57.1 Å². The molecular weight excluding hydrogens is 580 g/mol. The van der Waals surface area contributed by atoms with Crippen LogP contribution in [-0.2, 0) is 17.8 Å². The Morgan fingerprint density at radius 1 is 1.04 bits per heavy atom. The summed E-state index contributed by atoms with van der Waals surface area (Å²) in [6.07, 6.45) is 5.39. The maximum Gasteiger partial charge on any atom is 0.319 e. The van der Waals surface area contributed by atoms with Gasteiger partial charge in [-0.2, -0.15) is 0 Å². The van der Waals surface area contributed by atoms with Crippen molar-refractivity contribution in [3.63, 3.8) is 0 Å². The molecule has 3 aromatic carbocycles. The van der Waals surface area contributed by atoms with Gasteiger partial charge in [0.05, 0.1) is 19.1 Å². The third-order valence-corrected chi connectivity index (χ3v) is 8.96. The van der Waals surface area contributed by atoms with E-state index in [9.17, 15) is 14.7 Å². The smallest absolute Gasteiger partial charge is 0.319 e.